The highest BCUT2D eigenvalue weighted by molar-refractivity contribution is 7.91. The summed E-state index contributed by atoms with van der Waals surface area (Å²) in [5.74, 6) is 0.457. The van der Waals surface area contributed by atoms with Gasteiger partial charge in [-0.05, 0) is 6.42 Å². The molecule has 1 saturated heterocycles. The van der Waals surface area contributed by atoms with E-state index in [0.717, 1.165) is 6.42 Å². The van der Waals surface area contributed by atoms with Gasteiger partial charge in [0.1, 0.15) is 0 Å². The summed E-state index contributed by atoms with van der Waals surface area (Å²) in [4.78, 5) is 2.52. The molecule has 4 nitrogen and oxygen atoms in total. The number of hydrogen-bond acceptors (Lipinski definition) is 4. The fourth-order valence-corrected chi connectivity index (χ4v) is 3.22. The zero-order chi connectivity index (χ0) is 10.8. The van der Waals surface area contributed by atoms with Crippen LogP contribution in [0.4, 0.5) is 0 Å². The maximum Gasteiger partial charge on any atom is 0.152 e. The largest absolute Gasteiger partial charge is 0.392 e. The Balaban J connectivity index is 2.60. The van der Waals surface area contributed by atoms with Crippen LogP contribution in [0, 0.1) is 0 Å². The quantitative estimate of drug-likeness (QED) is 0.687. The van der Waals surface area contributed by atoms with Gasteiger partial charge in [-0.3, -0.25) is 4.90 Å². The summed E-state index contributed by atoms with van der Waals surface area (Å²) in [6, 6.07) is 0.0560. The van der Waals surface area contributed by atoms with E-state index >= 15 is 0 Å². The van der Waals surface area contributed by atoms with E-state index in [0.29, 0.717) is 18.1 Å². The summed E-state index contributed by atoms with van der Waals surface area (Å²) in [5.41, 5.74) is 5.59. The van der Waals surface area contributed by atoms with Crippen LogP contribution in [0.15, 0.2) is 0 Å². The normalized spacial score (nSPS) is 24.4. The van der Waals surface area contributed by atoms with E-state index in [4.69, 9.17) is 18.0 Å². The lowest BCUT2D eigenvalue weighted by atomic mass is 10.2. The molecule has 0 spiro atoms. The van der Waals surface area contributed by atoms with Crippen molar-refractivity contribution >= 4 is 27.0 Å². The molecule has 1 unspecified atom stereocenters. The minimum absolute atomic E-state index is 0.0560. The Kier molecular flexibility index (Phi) is 3.86. The molecule has 0 aromatic rings. The molecule has 1 aliphatic rings. The first-order valence-corrected chi connectivity index (χ1v) is 6.93. The standard InChI is InChI=1S/C8H16N2O2S2/c1-2-7(8(9)13)10-3-5-14(11,12)6-4-10/h7H,2-6H2,1H3,(H2,9,13). The van der Waals surface area contributed by atoms with E-state index in [-0.39, 0.29) is 17.5 Å². The maximum absolute atomic E-state index is 11.2. The van der Waals surface area contributed by atoms with Gasteiger partial charge in [-0.25, -0.2) is 8.42 Å². The summed E-state index contributed by atoms with van der Waals surface area (Å²) < 4.78 is 22.4. The van der Waals surface area contributed by atoms with Crippen molar-refractivity contribution < 1.29 is 8.42 Å². The van der Waals surface area contributed by atoms with Crippen molar-refractivity contribution in [2.24, 2.45) is 5.73 Å². The second kappa shape index (κ2) is 4.55. The SMILES string of the molecule is CCC(C(N)=S)N1CCS(=O)(=O)CC1. The second-order valence-electron chi connectivity index (χ2n) is 3.51. The van der Waals surface area contributed by atoms with Crippen LogP contribution in [0.2, 0.25) is 0 Å². The Hall–Kier alpha value is -0.200. The molecule has 0 aromatic carbocycles. The molecule has 0 aliphatic carbocycles. The monoisotopic (exact) mass is 236 g/mol. The van der Waals surface area contributed by atoms with Crippen LogP contribution in [0.1, 0.15) is 13.3 Å². The first kappa shape index (κ1) is 11.9. The number of hydrogen-bond donors (Lipinski definition) is 1. The van der Waals surface area contributed by atoms with Crippen molar-refractivity contribution in [1.82, 2.24) is 4.90 Å². The summed E-state index contributed by atoms with van der Waals surface area (Å²) in [6.07, 6.45) is 0.843. The molecule has 82 valence electrons. The highest BCUT2D eigenvalue weighted by atomic mass is 32.2. The number of sulfone groups is 1. The first-order chi connectivity index (χ1) is 6.46. The van der Waals surface area contributed by atoms with Crippen molar-refractivity contribution in [3.63, 3.8) is 0 Å². The van der Waals surface area contributed by atoms with E-state index in [1.54, 1.807) is 0 Å². The number of thiocarbonyl (C=S) groups is 1. The van der Waals surface area contributed by atoms with Gasteiger partial charge in [0.25, 0.3) is 0 Å². The summed E-state index contributed by atoms with van der Waals surface area (Å²) in [7, 11) is -2.81. The average Bonchev–Trinajstić information content (AvgIpc) is 2.08. The third-order valence-electron chi connectivity index (χ3n) is 2.53. The molecular weight excluding hydrogens is 220 g/mol. The van der Waals surface area contributed by atoms with Crippen molar-refractivity contribution in [3.05, 3.63) is 0 Å². The molecule has 14 heavy (non-hydrogen) atoms. The van der Waals surface area contributed by atoms with Gasteiger partial charge in [0, 0.05) is 13.1 Å². The van der Waals surface area contributed by atoms with Crippen LogP contribution in [0.25, 0.3) is 0 Å². The zero-order valence-electron chi connectivity index (χ0n) is 8.27. The lowest BCUT2D eigenvalue weighted by molar-refractivity contribution is 0.257. The molecule has 0 saturated carbocycles. The Labute approximate surface area is 90.4 Å². The fourth-order valence-electron chi connectivity index (χ4n) is 1.68. The number of nitrogens with zero attached hydrogens (tertiary/aromatic N) is 1. The lowest BCUT2D eigenvalue weighted by Crippen LogP contribution is -2.50. The highest BCUT2D eigenvalue weighted by Crippen LogP contribution is 2.10. The van der Waals surface area contributed by atoms with E-state index in [1.165, 1.54) is 0 Å². The summed E-state index contributed by atoms with van der Waals surface area (Å²) >= 11 is 4.94. The topological polar surface area (TPSA) is 63.4 Å². The summed E-state index contributed by atoms with van der Waals surface area (Å²) in [5, 5.41) is 0. The van der Waals surface area contributed by atoms with Gasteiger partial charge in [0.2, 0.25) is 0 Å². The van der Waals surface area contributed by atoms with Crippen molar-refractivity contribution in [1.29, 1.82) is 0 Å². The molecule has 0 amide bonds. The molecule has 0 bridgehead atoms. The van der Waals surface area contributed by atoms with Gasteiger partial charge in [0.15, 0.2) is 9.84 Å². The van der Waals surface area contributed by atoms with Crippen LogP contribution in [-0.2, 0) is 9.84 Å². The Morgan fingerprint density at radius 2 is 2.00 bits per heavy atom. The van der Waals surface area contributed by atoms with Crippen LogP contribution >= 0.6 is 12.2 Å². The van der Waals surface area contributed by atoms with E-state index < -0.39 is 9.84 Å². The minimum atomic E-state index is -2.81. The minimum Gasteiger partial charge on any atom is -0.392 e. The van der Waals surface area contributed by atoms with Gasteiger partial charge in [-0.1, -0.05) is 19.1 Å². The zero-order valence-corrected chi connectivity index (χ0v) is 9.90. The maximum atomic E-state index is 11.2. The number of nitrogens with two attached hydrogens (primary N) is 1. The van der Waals surface area contributed by atoms with Crippen LogP contribution in [0.3, 0.4) is 0 Å². The molecule has 1 aliphatic heterocycles. The molecule has 1 atom stereocenters. The van der Waals surface area contributed by atoms with Gasteiger partial charge < -0.3 is 5.73 Å². The van der Waals surface area contributed by atoms with Gasteiger partial charge in [0.05, 0.1) is 22.5 Å². The fraction of sp³-hybridized carbons (Fsp3) is 0.875. The smallest absolute Gasteiger partial charge is 0.152 e. The Morgan fingerprint density at radius 3 is 2.36 bits per heavy atom. The van der Waals surface area contributed by atoms with Crippen molar-refractivity contribution in [3.8, 4) is 0 Å². The predicted molar refractivity (Wildman–Crippen MR) is 61.1 cm³/mol. The Bertz CT molecular complexity index is 299. The van der Waals surface area contributed by atoms with Crippen LogP contribution in [0.5, 0.6) is 0 Å². The average molecular weight is 236 g/mol. The van der Waals surface area contributed by atoms with E-state index in [1.807, 2.05) is 6.92 Å². The molecule has 6 heteroatoms. The molecule has 2 N–H and O–H groups in total. The van der Waals surface area contributed by atoms with E-state index in [9.17, 15) is 8.42 Å². The Morgan fingerprint density at radius 1 is 1.50 bits per heavy atom. The molecule has 1 fully saturated rings. The molecule has 0 aromatic heterocycles. The van der Waals surface area contributed by atoms with Crippen LogP contribution in [-0.4, -0.2) is 48.9 Å². The molecule has 1 heterocycles. The van der Waals surface area contributed by atoms with Gasteiger partial charge in [-0.15, -0.1) is 0 Å². The van der Waals surface area contributed by atoms with Gasteiger partial charge >= 0.3 is 0 Å². The lowest BCUT2D eigenvalue weighted by Gasteiger charge is -2.33. The molecular formula is C8H16N2O2S2. The first-order valence-electron chi connectivity index (χ1n) is 4.70. The molecule has 0 radical (unpaired) electrons. The summed E-state index contributed by atoms with van der Waals surface area (Å²) in [6.45, 7) is 3.11. The third-order valence-corrected chi connectivity index (χ3v) is 4.42. The van der Waals surface area contributed by atoms with Crippen molar-refractivity contribution in [2.45, 2.75) is 19.4 Å². The van der Waals surface area contributed by atoms with Crippen LogP contribution < -0.4 is 5.73 Å². The predicted octanol–water partition coefficient (Wildman–Crippen LogP) is -0.218. The van der Waals surface area contributed by atoms with Crippen molar-refractivity contribution in [2.75, 3.05) is 24.6 Å². The van der Waals surface area contributed by atoms with Gasteiger partial charge in [-0.2, -0.15) is 0 Å². The second-order valence-corrected chi connectivity index (χ2v) is 6.29. The highest BCUT2D eigenvalue weighted by Gasteiger charge is 2.27. The number of rotatable bonds is 3. The van der Waals surface area contributed by atoms with E-state index in [2.05, 4.69) is 4.90 Å². The third kappa shape index (κ3) is 2.90. The molecule has 1 rings (SSSR count).